The topological polar surface area (TPSA) is 148 Å². The number of ether oxygens (including phenoxy) is 6. The highest BCUT2D eigenvalue weighted by molar-refractivity contribution is 6.81. The first-order chi connectivity index (χ1) is 20.9. The zero-order chi connectivity index (χ0) is 31.0. The molecule has 0 radical (unpaired) electrons. The van der Waals surface area contributed by atoms with Crippen molar-refractivity contribution in [3.05, 3.63) is 77.0 Å². The third kappa shape index (κ3) is 10.2. The molecule has 2 aliphatic heterocycles. The van der Waals surface area contributed by atoms with E-state index in [9.17, 15) is 9.59 Å². The molecule has 228 valence electrons. The van der Waals surface area contributed by atoms with E-state index in [1.165, 1.54) is 0 Å². The van der Waals surface area contributed by atoms with E-state index >= 15 is 0 Å². The molecule has 5 rings (SSSR count). The summed E-state index contributed by atoms with van der Waals surface area (Å²) < 4.78 is 35.9. The van der Waals surface area contributed by atoms with Crippen molar-refractivity contribution in [2.75, 3.05) is 39.6 Å². The molecule has 1 N–H and O–H groups in total. The van der Waals surface area contributed by atoms with E-state index in [0.29, 0.717) is 38.8 Å². The number of carbonyl (C=O) groups is 2. The van der Waals surface area contributed by atoms with Crippen LogP contribution >= 0.6 is 11.6 Å². The molecule has 2 fully saturated rings. The normalized spacial score (nSPS) is 15.0. The van der Waals surface area contributed by atoms with Gasteiger partial charge in [0.05, 0.1) is 39.6 Å². The Balaban J connectivity index is 0.000000197. The molecule has 0 spiro atoms. The number of oxime groups is 1. The fourth-order valence-corrected chi connectivity index (χ4v) is 3.64. The average molecular weight is 615 g/mol. The van der Waals surface area contributed by atoms with Gasteiger partial charge in [0, 0.05) is 28.3 Å². The molecule has 3 heterocycles. The average Bonchev–Trinajstić information content (AvgIpc) is 3.85. The molecular weight excluding hydrogens is 584 g/mol. The van der Waals surface area contributed by atoms with Crippen molar-refractivity contribution < 1.29 is 47.7 Å². The summed E-state index contributed by atoms with van der Waals surface area (Å²) in [6, 6.07) is 16.8. The van der Waals surface area contributed by atoms with Gasteiger partial charge < -0.3 is 38.2 Å². The van der Waals surface area contributed by atoms with Crippen molar-refractivity contribution in [2.24, 2.45) is 5.16 Å². The highest BCUT2D eigenvalue weighted by Gasteiger charge is 2.19. The smallest absolute Gasteiger partial charge is 0.372 e. The van der Waals surface area contributed by atoms with Crippen LogP contribution in [0.15, 0.2) is 64.3 Å². The minimum Gasteiger partial charge on any atom is -0.461 e. The Bertz CT molecular complexity index is 1370. The maximum absolute atomic E-state index is 11.5. The van der Waals surface area contributed by atoms with Crippen LogP contribution in [-0.4, -0.2) is 67.1 Å². The first-order valence-corrected chi connectivity index (χ1v) is 13.6. The molecule has 2 aliphatic rings. The Kier molecular flexibility index (Phi) is 13.6. The number of hydrogen-bond donors (Lipinski definition) is 1. The van der Waals surface area contributed by atoms with Crippen LogP contribution in [0.25, 0.3) is 11.3 Å². The van der Waals surface area contributed by atoms with Gasteiger partial charge in [-0.05, 0) is 26.0 Å². The fourth-order valence-electron chi connectivity index (χ4n) is 3.59. The molecule has 0 atom stereocenters. The first-order valence-electron chi connectivity index (χ1n) is 13.2. The van der Waals surface area contributed by atoms with Crippen LogP contribution in [-0.2, 0) is 33.2 Å². The molecule has 12 nitrogen and oxygen atoms in total. The lowest BCUT2D eigenvalue weighted by Crippen LogP contribution is -2.11. The summed E-state index contributed by atoms with van der Waals surface area (Å²) in [6.45, 7) is 6.43. The van der Waals surface area contributed by atoms with Crippen LogP contribution in [0.5, 0.6) is 0 Å². The lowest BCUT2D eigenvalue weighted by Gasteiger charge is -2.08. The lowest BCUT2D eigenvalue weighted by atomic mass is 10.1. The van der Waals surface area contributed by atoms with Crippen molar-refractivity contribution in [2.45, 2.75) is 26.4 Å². The standard InChI is InChI=1S/C15H15NO5.C11H10O2.C4H6ClNO3/c1-2-18-14(17)12-9-13(21-16-12)10-3-5-11(6-4-10)15-19-7-8-20-15;1-2-9-3-5-10(6-4-9)11-12-7-8-13-11;1-2-9-4(7)3(5)6-8/h3-6,9,15H,2,7-8H2,1H3;1,3-6,11H,7-8H2;8H,2H2,1H3/b;;6-3-. The minimum atomic E-state index is -0.818. The second kappa shape index (κ2) is 17.6. The largest absolute Gasteiger partial charge is 0.461 e. The second-order valence-corrected chi connectivity index (χ2v) is 8.80. The number of aromatic nitrogens is 1. The maximum atomic E-state index is 11.5. The van der Waals surface area contributed by atoms with Gasteiger partial charge in [0.2, 0.25) is 0 Å². The van der Waals surface area contributed by atoms with Gasteiger partial charge in [-0.2, -0.15) is 0 Å². The second-order valence-electron chi connectivity index (χ2n) is 8.44. The summed E-state index contributed by atoms with van der Waals surface area (Å²) in [5.41, 5.74) is 3.83. The number of esters is 2. The number of nitrogens with zero attached hydrogens (tertiary/aromatic N) is 2. The van der Waals surface area contributed by atoms with Crippen molar-refractivity contribution in [3.8, 4) is 23.7 Å². The Labute approximate surface area is 253 Å². The predicted molar refractivity (Wildman–Crippen MR) is 153 cm³/mol. The summed E-state index contributed by atoms with van der Waals surface area (Å²) >= 11 is 5.02. The van der Waals surface area contributed by atoms with Crippen LogP contribution in [0.1, 0.15) is 53.6 Å². The molecule has 43 heavy (non-hydrogen) atoms. The molecule has 0 bridgehead atoms. The van der Waals surface area contributed by atoms with Crippen LogP contribution in [0, 0.1) is 12.3 Å². The number of hydrogen-bond acceptors (Lipinski definition) is 12. The molecule has 0 saturated carbocycles. The molecule has 0 amide bonds. The van der Waals surface area contributed by atoms with Crippen LogP contribution in [0.3, 0.4) is 0 Å². The van der Waals surface area contributed by atoms with Gasteiger partial charge in [-0.1, -0.05) is 64.2 Å². The zero-order valence-corrected chi connectivity index (χ0v) is 24.3. The highest BCUT2D eigenvalue weighted by Crippen LogP contribution is 2.27. The quantitative estimate of drug-likeness (QED) is 0.128. The summed E-state index contributed by atoms with van der Waals surface area (Å²) in [5, 5.41) is 13.5. The Morgan fingerprint density at radius 3 is 1.91 bits per heavy atom. The van der Waals surface area contributed by atoms with E-state index in [0.717, 1.165) is 22.3 Å². The third-order valence-electron chi connectivity index (χ3n) is 5.59. The summed E-state index contributed by atoms with van der Waals surface area (Å²) in [6.07, 6.45) is 4.74. The molecule has 2 saturated heterocycles. The van der Waals surface area contributed by atoms with Crippen LogP contribution in [0.2, 0.25) is 0 Å². The summed E-state index contributed by atoms with van der Waals surface area (Å²) in [5.74, 6) is 1.77. The molecular formula is C30H31ClN2O10. The van der Waals surface area contributed by atoms with Crippen molar-refractivity contribution >= 4 is 28.7 Å². The van der Waals surface area contributed by atoms with Crippen LogP contribution in [0.4, 0.5) is 0 Å². The third-order valence-corrected chi connectivity index (χ3v) is 5.82. The van der Waals surface area contributed by atoms with Gasteiger partial charge in [0.1, 0.15) is 0 Å². The lowest BCUT2D eigenvalue weighted by molar-refractivity contribution is -0.134. The van der Waals surface area contributed by atoms with E-state index in [1.807, 2.05) is 48.5 Å². The Morgan fingerprint density at radius 1 is 0.930 bits per heavy atom. The SMILES string of the molecule is C#Cc1ccc(C2OCCO2)cc1.CCOC(=O)/C(Cl)=N/O.CCOC(=O)c1cc(-c2ccc(C3OCCO3)cc2)on1. The van der Waals surface area contributed by atoms with E-state index in [-0.39, 0.29) is 24.9 Å². The zero-order valence-electron chi connectivity index (χ0n) is 23.6. The van der Waals surface area contributed by atoms with Crippen LogP contribution < -0.4 is 0 Å². The number of halogens is 1. The Morgan fingerprint density at radius 2 is 1.44 bits per heavy atom. The molecule has 13 heteroatoms. The first kappa shape index (κ1) is 33.3. The number of carbonyl (C=O) groups excluding carboxylic acids is 2. The number of benzene rings is 2. The van der Waals surface area contributed by atoms with E-state index < -0.39 is 17.1 Å². The van der Waals surface area contributed by atoms with Crippen molar-refractivity contribution in [1.29, 1.82) is 0 Å². The van der Waals surface area contributed by atoms with Crippen molar-refractivity contribution in [1.82, 2.24) is 5.16 Å². The molecule has 2 aromatic carbocycles. The van der Waals surface area contributed by atoms with Gasteiger partial charge in [0.15, 0.2) is 24.0 Å². The Hall–Kier alpha value is -4.25. The summed E-state index contributed by atoms with van der Waals surface area (Å²) in [7, 11) is 0. The van der Waals surface area contributed by atoms with E-state index in [1.54, 1.807) is 19.9 Å². The predicted octanol–water partition coefficient (Wildman–Crippen LogP) is 4.85. The van der Waals surface area contributed by atoms with Gasteiger partial charge in [-0.25, -0.2) is 9.59 Å². The summed E-state index contributed by atoms with van der Waals surface area (Å²) in [4.78, 5) is 21.9. The molecule has 0 unspecified atom stereocenters. The van der Waals surface area contributed by atoms with E-state index in [4.69, 9.17) is 51.4 Å². The van der Waals surface area contributed by atoms with Gasteiger partial charge in [-0.15, -0.1) is 6.42 Å². The fraction of sp³-hybridized carbons (Fsp3) is 0.333. The maximum Gasteiger partial charge on any atom is 0.372 e. The molecule has 3 aromatic rings. The van der Waals surface area contributed by atoms with Gasteiger partial charge in [0.25, 0.3) is 5.17 Å². The number of rotatable bonds is 7. The monoisotopic (exact) mass is 614 g/mol. The molecule has 1 aromatic heterocycles. The van der Waals surface area contributed by atoms with E-state index in [2.05, 4.69) is 21.0 Å². The van der Waals surface area contributed by atoms with Gasteiger partial charge in [-0.3, -0.25) is 0 Å². The highest BCUT2D eigenvalue weighted by atomic mass is 35.5. The minimum absolute atomic E-state index is 0.165. The van der Waals surface area contributed by atoms with Gasteiger partial charge >= 0.3 is 11.9 Å². The van der Waals surface area contributed by atoms with Crippen molar-refractivity contribution in [3.63, 3.8) is 0 Å². The number of terminal acetylenes is 1. The molecule has 0 aliphatic carbocycles.